The number of carbonyl (C=O) groups excluding carboxylic acids is 1. The van der Waals surface area contributed by atoms with Crippen molar-refractivity contribution < 1.29 is 14.3 Å². The molecule has 0 radical (unpaired) electrons. The van der Waals surface area contributed by atoms with Gasteiger partial charge in [-0.2, -0.15) is 0 Å². The van der Waals surface area contributed by atoms with Gasteiger partial charge in [-0.05, 0) is 54.8 Å². The van der Waals surface area contributed by atoms with E-state index in [1.165, 1.54) is 6.08 Å². The van der Waals surface area contributed by atoms with E-state index in [0.717, 1.165) is 17.5 Å². The molecule has 0 bridgehead atoms. The standard InChI is InChI=1S/C20H22ClNO3/c1-3-25-19-14-16(6-10-18(19)24-2)7-11-20(23)22-13-12-15-4-8-17(21)9-5-15/h4-11,14H,3,12-13H2,1-2H3,(H,22,23)/b11-7+. The third kappa shape index (κ3) is 6.16. The molecule has 0 spiro atoms. The quantitative estimate of drug-likeness (QED) is 0.721. The lowest BCUT2D eigenvalue weighted by atomic mass is 10.1. The highest BCUT2D eigenvalue weighted by molar-refractivity contribution is 6.30. The summed E-state index contributed by atoms with van der Waals surface area (Å²) >= 11 is 5.85. The number of nitrogens with one attached hydrogen (secondary N) is 1. The van der Waals surface area contributed by atoms with E-state index in [2.05, 4.69) is 5.32 Å². The Bertz CT molecular complexity index is 726. The largest absolute Gasteiger partial charge is 0.493 e. The molecular formula is C20H22ClNO3. The summed E-state index contributed by atoms with van der Waals surface area (Å²) in [4.78, 5) is 11.9. The highest BCUT2D eigenvalue weighted by Crippen LogP contribution is 2.28. The Kier molecular flexibility index (Phi) is 7.36. The SMILES string of the molecule is CCOc1cc(/C=C/C(=O)NCCc2ccc(Cl)cc2)ccc1OC. The molecule has 2 rings (SSSR count). The molecule has 0 atom stereocenters. The number of hydrogen-bond donors (Lipinski definition) is 1. The lowest BCUT2D eigenvalue weighted by molar-refractivity contribution is -0.116. The third-order valence-corrected chi connectivity index (χ3v) is 3.79. The van der Waals surface area contributed by atoms with Crippen LogP contribution in [-0.2, 0) is 11.2 Å². The fraction of sp³-hybridized carbons (Fsp3) is 0.250. The van der Waals surface area contributed by atoms with Crippen molar-refractivity contribution >= 4 is 23.6 Å². The molecule has 0 aliphatic rings. The van der Waals surface area contributed by atoms with E-state index >= 15 is 0 Å². The van der Waals surface area contributed by atoms with E-state index in [4.69, 9.17) is 21.1 Å². The zero-order chi connectivity index (χ0) is 18.1. The molecule has 2 aromatic rings. The molecule has 2 aromatic carbocycles. The van der Waals surface area contributed by atoms with E-state index in [1.54, 1.807) is 13.2 Å². The van der Waals surface area contributed by atoms with E-state index in [1.807, 2.05) is 49.4 Å². The first kappa shape index (κ1) is 18.9. The van der Waals surface area contributed by atoms with Crippen molar-refractivity contribution in [1.29, 1.82) is 0 Å². The number of benzene rings is 2. The smallest absolute Gasteiger partial charge is 0.244 e. The van der Waals surface area contributed by atoms with Gasteiger partial charge in [-0.25, -0.2) is 0 Å². The summed E-state index contributed by atoms with van der Waals surface area (Å²) in [7, 11) is 1.60. The van der Waals surface area contributed by atoms with Crippen LogP contribution in [0.1, 0.15) is 18.1 Å². The van der Waals surface area contributed by atoms with Gasteiger partial charge in [-0.3, -0.25) is 4.79 Å². The third-order valence-electron chi connectivity index (χ3n) is 3.54. The van der Waals surface area contributed by atoms with Crippen LogP contribution in [0.4, 0.5) is 0 Å². The van der Waals surface area contributed by atoms with Crippen LogP contribution in [0.3, 0.4) is 0 Å². The average Bonchev–Trinajstić information content (AvgIpc) is 2.62. The molecule has 0 aliphatic heterocycles. The highest BCUT2D eigenvalue weighted by atomic mass is 35.5. The number of hydrogen-bond acceptors (Lipinski definition) is 3. The van der Waals surface area contributed by atoms with Crippen LogP contribution in [-0.4, -0.2) is 26.2 Å². The molecule has 0 fully saturated rings. The number of rotatable bonds is 8. The monoisotopic (exact) mass is 359 g/mol. The first-order valence-corrected chi connectivity index (χ1v) is 8.51. The molecular weight excluding hydrogens is 338 g/mol. The molecule has 0 heterocycles. The zero-order valence-electron chi connectivity index (χ0n) is 14.4. The summed E-state index contributed by atoms with van der Waals surface area (Å²) in [6.07, 6.45) is 4.02. The summed E-state index contributed by atoms with van der Waals surface area (Å²) in [6, 6.07) is 13.1. The van der Waals surface area contributed by atoms with Crippen molar-refractivity contribution in [2.75, 3.05) is 20.3 Å². The Morgan fingerprint density at radius 3 is 2.60 bits per heavy atom. The van der Waals surface area contributed by atoms with Gasteiger partial charge in [-0.1, -0.05) is 29.8 Å². The van der Waals surface area contributed by atoms with Gasteiger partial charge in [-0.15, -0.1) is 0 Å². The van der Waals surface area contributed by atoms with Crippen LogP contribution in [0, 0.1) is 0 Å². The fourth-order valence-electron chi connectivity index (χ4n) is 2.28. The topological polar surface area (TPSA) is 47.6 Å². The second-order valence-corrected chi connectivity index (χ2v) is 5.78. The van der Waals surface area contributed by atoms with E-state index in [0.29, 0.717) is 29.7 Å². The fourth-order valence-corrected chi connectivity index (χ4v) is 2.40. The van der Waals surface area contributed by atoms with E-state index < -0.39 is 0 Å². The summed E-state index contributed by atoms with van der Waals surface area (Å²) in [5.74, 6) is 1.20. The lowest BCUT2D eigenvalue weighted by Gasteiger charge is -2.09. The average molecular weight is 360 g/mol. The molecule has 0 unspecified atom stereocenters. The molecule has 4 nitrogen and oxygen atoms in total. The maximum absolute atomic E-state index is 11.9. The Labute approximate surface area is 153 Å². The van der Waals surface area contributed by atoms with Gasteiger partial charge in [0.1, 0.15) is 0 Å². The minimum Gasteiger partial charge on any atom is -0.493 e. The number of amides is 1. The molecule has 0 aromatic heterocycles. The Morgan fingerprint density at radius 2 is 1.92 bits per heavy atom. The maximum atomic E-state index is 11.9. The predicted octanol–water partition coefficient (Wildman–Crippen LogP) is 4.12. The molecule has 0 saturated carbocycles. The number of carbonyl (C=O) groups is 1. The second kappa shape index (κ2) is 9.74. The summed E-state index contributed by atoms with van der Waals surface area (Å²) in [5, 5.41) is 3.57. The van der Waals surface area contributed by atoms with Gasteiger partial charge in [0.25, 0.3) is 0 Å². The molecule has 0 aliphatic carbocycles. The lowest BCUT2D eigenvalue weighted by Crippen LogP contribution is -2.23. The molecule has 0 saturated heterocycles. The number of methoxy groups -OCH3 is 1. The molecule has 5 heteroatoms. The van der Waals surface area contributed by atoms with Gasteiger partial charge in [0.2, 0.25) is 5.91 Å². The summed E-state index contributed by atoms with van der Waals surface area (Å²) in [6.45, 7) is 3.03. The first-order valence-electron chi connectivity index (χ1n) is 8.13. The molecule has 1 N–H and O–H groups in total. The Balaban J connectivity index is 1.87. The Hall–Kier alpha value is -2.46. The minimum absolute atomic E-state index is 0.136. The molecule has 1 amide bonds. The normalized spacial score (nSPS) is 10.7. The van der Waals surface area contributed by atoms with Crippen LogP contribution in [0.25, 0.3) is 6.08 Å². The van der Waals surface area contributed by atoms with Crippen LogP contribution < -0.4 is 14.8 Å². The van der Waals surface area contributed by atoms with Crippen molar-refractivity contribution in [3.8, 4) is 11.5 Å². The van der Waals surface area contributed by atoms with Gasteiger partial charge in [0, 0.05) is 17.6 Å². The Morgan fingerprint density at radius 1 is 1.16 bits per heavy atom. The van der Waals surface area contributed by atoms with Crippen molar-refractivity contribution in [3.63, 3.8) is 0 Å². The van der Waals surface area contributed by atoms with Crippen molar-refractivity contribution in [2.45, 2.75) is 13.3 Å². The van der Waals surface area contributed by atoms with Crippen LogP contribution in [0.15, 0.2) is 48.5 Å². The van der Waals surface area contributed by atoms with Crippen LogP contribution >= 0.6 is 11.6 Å². The van der Waals surface area contributed by atoms with Crippen LogP contribution in [0.2, 0.25) is 5.02 Å². The van der Waals surface area contributed by atoms with Crippen molar-refractivity contribution in [1.82, 2.24) is 5.32 Å². The van der Waals surface area contributed by atoms with Gasteiger partial charge in [0.15, 0.2) is 11.5 Å². The molecule has 25 heavy (non-hydrogen) atoms. The van der Waals surface area contributed by atoms with Gasteiger partial charge in [0.05, 0.1) is 13.7 Å². The van der Waals surface area contributed by atoms with E-state index in [9.17, 15) is 4.79 Å². The highest BCUT2D eigenvalue weighted by Gasteiger charge is 2.04. The van der Waals surface area contributed by atoms with Gasteiger partial charge >= 0.3 is 0 Å². The summed E-state index contributed by atoms with van der Waals surface area (Å²) < 4.78 is 10.8. The minimum atomic E-state index is -0.136. The van der Waals surface area contributed by atoms with Crippen molar-refractivity contribution in [3.05, 3.63) is 64.7 Å². The molecule has 132 valence electrons. The van der Waals surface area contributed by atoms with Gasteiger partial charge < -0.3 is 14.8 Å². The van der Waals surface area contributed by atoms with Crippen molar-refractivity contribution in [2.24, 2.45) is 0 Å². The summed E-state index contributed by atoms with van der Waals surface area (Å²) in [5.41, 5.74) is 2.00. The maximum Gasteiger partial charge on any atom is 0.244 e. The first-order chi connectivity index (χ1) is 12.1. The number of halogens is 1. The predicted molar refractivity (Wildman–Crippen MR) is 101 cm³/mol. The number of ether oxygens (including phenoxy) is 2. The van der Waals surface area contributed by atoms with E-state index in [-0.39, 0.29) is 5.91 Å². The second-order valence-electron chi connectivity index (χ2n) is 5.34. The zero-order valence-corrected chi connectivity index (χ0v) is 15.2. The van der Waals surface area contributed by atoms with Crippen LogP contribution in [0.5, 0.6) is 11.5 Å².